The summed E-state index contributed by atoms with van der Waals surface area (Å²) in [5.41, 5.74) is 0.799. The van der Waals surface area contributed by atoms with Crippen molar-refractivity contribution in [2.45, 2.75) is 64.5 Å². The minimum Gasteiger partial charge on any atom is -0.367 e. The fourth-order valence-electron chi connectivity index (χ4n) is 2.98. The number of aromatic nitrogens is 2. The molecule has 1 saturated carbocycles. The molecule has 1 aliphatic rings. The molecular formula is C16H27N3O. The molecule has 4 nitrogen and oxygen atoms in total. The molecule has 0 spiro atoms. The Kier molecular flexibility index (Phi) is 5.92. The lowest BCUT2D eigenvalue weighted by Crippen LogP contribution is -2.32. The van der Waals surface area contributed by atoms with E-state index >= 15 is 0 Å². The Morgan fingerprint density at radius 1 is 1.20 bits per heavy atom. The zero-order chi connectivity index (χ0) is 14.3. The van der Waals surface area contributed by atoms with Gasteiger partial charge in [-0.15, -0.1) is 0 Å². The van der Waals surface area contributed by atoms with Crippen molar-refractivity contribution in [3.05, 3.63) is 23.8 Å². The molecule has 2 rings (SSSR count). The molecule has 1 aliphatic carbocycles. The minimum absolute atomic E-state index is 0.256. The first-order chi connectivity index (χ1) is 9.80. The molecule has 0 bridgehead atoms. The lowest BCUT2D eigenvalue weighted by atomic mass is 9.93. The summed E-state index contributed by atoms with van der Waals surface area (Å²) in [6.07, 6.45) is 8.98. The van der Waals surface area contributed by atoms with E-state index in [1.807, 2.05) is 12.3 Å². The maximum atomic E-state index is 6.15. The highest BCUT2D eigenvalue weighted by atomic mass is 16.5. The van der Waals surface area contributed by atoms with Crippen molar-refractivity contribution in [2.24, 2.45) is 0 Å². The van der Waals surface area contributed by atoms with Crippen LogP contribution < -0.4 is 5.32 Å². The number of ether oxygens (including phenoxy) is 1. The van der Waals surface area contributed by atoms with Gasteiger partial charge in [0.15, 0.2) is 5.82 Å². The summed E-state index contributed by atoms with van der Waals surface area (Å²) in [5, 5.41) is 3.32. The van der Waals surface area contributed by atoms with Crippen LogP contribution in [-0.4, -0.2) is 23.1 Å². The van der Waals surface area contributed by atoms with Crippen LogP contribution in [0.2, 0.25) is 0 Å². The topological polar surface area (TPSA) is 47.0 Å². The standard InChI is InChI=1S/C16H27N3O/c1-3-17-13-14-9-12-18-15(19-14)16(20-4-2)10-7-5-6-8-11-16/h9,12,17H,3-8,10-11,13H2,1-2H3. The number of nitrogens with one attached hydrogen (secondary N) is 1. The fraction of sp³-hybridized carbons (Fsp3) is 0.750. The summed E-state index contributed by atoms with van der Waals surface area (Å²) >= 11 is 0. The van der Waals surface area contributed by atoms with Gasteiger partial charge in [-0.05, 0) is 32.4 Å². The molecule has 112 valence electrons. The van der Waals surface area contributed by atoms with Gasteiger partial charge in [0.25, 0.3) is 0 Å². The summed E-state index contributed by atoms with van der Waals surface area (Å²) < 4.78 is 6.15. The summed E-state index contributed by atoms with van der Waals surface area (Å²) in [7, 11) is 0. The number of hydrogen-bond acceptors (Lipinski definition) is 4. The molecule has 20 heavy (non-hydrogen) atoms. The lowest BCUT2D eigenvalue weighted by molar-refractivity contribution is -0.0625. The third kappa shape index (κ3) is 3.76. The number of nitrogens with zero attached hydrogens (tertiary/aromatic N) is 2. The molecular weight excluding hydrogens is 250 g/mol. The van der Waals surface area contributed by atoms with E-state index in [9.17, 15) is 0 Å². The van der Waals surface area contributed by atoms with Crippen LogP contribution in [0.4, 0.5) is 0 Å². The second-order valence-electron chi connectivity index (χ2n) is 5.49. The van der Waals surface area contributed by atoms with Crippen molar-refractivity contribution in [3.63, 3.8) is 0 Å². The molecule has 0 saturated heterocycles. The van der Waals surface area contributed by atoms with Crippen LogP contribution in [0.15, 0.2) is 12.3 Å². The van der Waals surface area contributed by atoms with Crippen LogP contribution in [0.1, 0.15) is 63.9 Å². The van der Waals surface area contributed by atoms with E-state index in [2.05, 4.69) is 24.1 Å². The van der Waals surface area contributed by atoms with E-state index < -0.39 is 0 Å². The predicted octanol–water partition coefficient (Wildman–Crippen LogP) is 3.17. The Morgan fingerprint density at radius 2 is 1.95 bits per heavy atom. The van der Waals surface area contributed by atoms with Crippen LogP contribution >= 0.6 is 0 Å². The number of rotatable bonds is 6. The van der Waals surface area contributed by atoms with E-state index in [1.165, 1.54) is 25.7 Å². The summed E-state index contributed by atoms with van der Waals surface area (Å²) in [5.74, 6) is 0.886. The van der Waals surface area contributed by atoms with Gasteiger partial charge in [0, 0.05) is 19.3 Å². The molecule has 1 aromatic rings. The monoisotopic (exact) mass is 277 g/mol. The molecule has 4 heteroatoms. The first kappa shape index (κ1) is 15.4. The van der Waals surface area contributed by atoms with E-state index in [-0.39, 0.29) is 5.60 Å². The summed E-state index contributed by atoms with van der Waals surface area (Å²) in [6.45, 7) is 6.65. The maximum absolute atomic E-state index is 6.15. The van der Waals surface area contributed by atoms with E-state index in [0.29, 0.717) is 0 Å². The molecule has 0 atom stereocenters. The van der Waals surface area contributed by atoms with Crippen LogP contribution in [0.5, 0.6) is 0 Å². The van der Waals surface area contributed by atoms with Gasteiger partial charge in [-0.25, -0.2) is 9.97 Å². The van der Waals surface area contributed by atoms with E-state index in [1.54, 1.807) is 0 Å². The van der Waals surface area contributed by atoms with Gasteiger partial charge < -0.3 is 10.1 Å². The van der Waals surface area contributed by atoms with Crippen LogP contribution in [-0.2, 0) is 16.9 Å². The molecule has 0 aromatic carbocycles. The summed E-state index contributed by atoms with van der Waals surface area (Å²) in [4.78, 5) is 9.31. The van der Waals surface area contributed by atoms with Gasteiger partial charge in [-0.2, -0.15) is 0 Å². The van der Waals surface area contributed by atoms with Crippen molar-refractivity contribution in [1.82, 2.24) is 15.3 Å². The zero-order valence-corrected chi connectivity index (χ0v) is 12.8. The first-order valence-electron chi connectivity index (χ1n) is 7.98. The van der Waals surface area contributed by atoms with Crippen LogP contribution in [0.3, 0.4) is 0 Å². The van der Waals surface area contributed by atoms with Gasteiger partial charge >= 0.3 is 0 Å². The fourth-order valence-corrected chi connectivity index (χ4v) is 2.98. The third-order valence-corrected chi connectivity index (χ3v) is 4.01. The average molecular weight is 277 g/mol. The molecule has 1 fully saturated rings. The lowest BCUT2D eigenvalue weighted by Gasteiger charge is -2.31. The van der Waals surface area contributed by atoms with Gasteiger partial charge in [0.05, 0.1) is 5.69 Å². The normalized spacial score (nSPS) is 18.7. The van der Waals surface area contributed by atoms with E-state index in [0.717, 1.165) is 44.1 Å². The minimum atomic E-state index is -0.256. The highest BCUT2D eigenvalue weighted by molar-refractivity contribution is 5.09. The molecule has 0 unspecified atom stereocenters. The van der Waals surface area contributed by atoms with Gasteiger partial charge in [0.2, 0.25) is 0 Å². The van der Waals surface area contributed by atoms with Crippen molar-refractivity contribution < 1.29 is 4.74 Å². The quantitative estimate of drug-likeness (QED) is 0.811. The van der Waals surface area contributed by atoms with Crippen molar-refractivity contribution in [2.75, 3.05) is 13.2 Å². The smallest absolute Gasteiger partial charge is 0.160 e. The third-order valence-electron chi connectivity index (χ3n) is 4.01. The largest absolute Gasteiger partial charge is 0.367 e. The van der Waals surface area contributed by atoms with Gasteiger partial charge in [-0.3, -0.25) is 0 Å². The Labute approximate surface area is 122 Å². The average Bonchev–Trinajstić information content (AvgIpc) is 2.72. The Bertz CT molecular complexity index is 400. The number of hydrogen-bond donors (Lipinski definition) is 1. The van der Waals surface area contributed by atoms with Crippen molar-refractivity contribution >= 4 is 0 Å². The molecule has 1 aromatic heterocycles. The van der Waals surface area contributed by atoms with Crippen LogP contribution in [0, 0.1) is 0 Å². The van der Waals surface area contributed by atoms with Crippen molar-refractivity contribution in [1.29, 1.82) is 0 Å². The predicted molar refractivity (Wildman–Crippen MR) is 80.4 cm³/mol. The molecule has 1 heterocycles. The van der Waals surface area contributed by atoms with Gasteiger partial charge in [0.1, 0.15) is 5.60 Å². The molecule has 0 aliphatic heterocycles. The van der Waals surface area contributed by atoms with Gasteiger partial charge in [-0.1, -0.05) is 32.6 Å². The molecule has 0 radical (unpaired) electrons. The SMILES string of the molecule is CCNCc1ccnc(C2(OCC)CCCCCC2)n1. The van der Waals surface area contributed by atoms with E-state index in [4.69, 9.17) is 9.72 Å². The second-order valence-corrected chi connectivity index (χ2v) is 5.49. The highest BCUT2D eigenvalue weighted by Crippen LogP contribution is 2.37. The molecule has 1 N–H and O–H groups in total. The second kappa shape index (κ2) is 7.70. The molecule has 0 amide bonds. The Morgan fingerprint density at radius 3 is 2.60 bits per heavy atom. The summed E-state index contributed by atoms with van der Waals surface area (Å²) in [6, 6.07) is 1.99. The van der Waals surface area contributed by atoms with Crippen molar-refractivity contribution in [3.8, 4) is 0 Å². The first-order valence-corrected chi connectivity index (χ1v) is 7.98. The Hall–Kier alpha value is -1.00. The highest BCUT2D eigenvalue weighted by Gasteiger charge is 2.36. The van der Waals surface area contributed by atoms with Crippen LogP contribution in [0.25, 0.3) is 0 Å². The maximum Gasteiger partial charge on any atom is 0.160 e. The Balaban J connectivity index is 2.23. The zero-order valence-electron chi connectivity index (χ0n) is 12.8.